The number of hydrogen-bond donors (Lipinski definition) is 1. The highest BCUT2D eigenvalue weighted by Gasteiger charge is 2.19. The average molecular weight is 449 g/mol. The van der Waals surface area contributed by atoms with E-state index in [4.69, 9.17) is 4.74 Å². The van der Waals surface area contributed by atoms with Crippen LogP contribution in [-0.2, 0) is 4.74 Å². The number of amides is 1. The Balaban J connectivity index is 1.42. The van der Waals surface area contributed by atoms with Crippen LogP contribution in [0.15, 0.2) is 54.7 Å². The normalized spacial score (nSPS) is 11.2. The Morgan fingerprint density at radius 2 is 1.87 bits per heavy atom. The number of imidazole rings is 1. The van der Waals surface area contributed by atoms with E-state index in [1.165, 1.54) is 29.8 Å². The summed E-state index contributed by atoms with van der Waals surface area (Å²) in [6.45, 7) is 1.90. The first-order valence-corrected chi connectivity index (χ1v) is 11.0. The van der Waals surface area contributed by atoms with Crippen molar-refractivity contribution in [2.24, 2.45) is 0 Å². The summed E-state index contributed by atoms with van der Waals surface area (Å²) in [5.74, 6) is -0.644. The number of nitrogens with one attached hydrogen (secondary N) is 1. The van der Waals surface area contributed by atoms with Crippen LogP contribution in [0.1, 0.15) is 25.7 Å². The molecule has 0 spiro atoms. The molecular formula is C22H16N4O3S2. The molecule has 0 fully saturated rings. The molecule has 7 nitrogen and oxygen atoms in total. The molecule has 154 valence electrons. The summed E-state index contributed by atoms with van der Waals surface area (Å²) >= 11 is 2.65. The highest BCUT2D eigenvalue weighted by atomic mass is 32.1. The number of esters is 1. The monoisotopic (exact) mass is 448 g/mol. The van der Waals surface area contributed by atoms with E-state index in [1.807, 2.05) is 47.9 Å². The number of nitrogens with zero attached hydrogens (tertiary/aromatic N) is 3. The van der Waals surface area contributed by atoms with Crippen molar-refractivity contribution in [2.45, 2.75) is 6.92 Å². The van der Waals surface area contributed by atoms with Gasteiger partial charge in [-0.1, -0.05) is 53.0 Å². The zero-order chi connectivity index (χ0) is 21.5. The standard InChI is InChI=1S/C22H16N4O3S2/c1-12-18(31-22-24-16(11-26(12)22)13-6-4-3-5-7-13)19(27)25-21-23-15-9-8-14(20(28)29-2)10-17(15)30-21/h3-11H,1-2H3,(H,23,25,27). The summed E-state index contributed by atoms with van der Waals surface area (Å²) in [6.07, 6.45) is 1.94. The molecule has 0 unspecified atom stereocenters. The molecule has 5 rings (SSSR count). The number of rotatable bonds is 4. The number of benzene rings is 2. The van der Waals surface area contributed by atoms with Gasteiger partial charge in [-0.2, -0.15) is 0 Å². The molecular weight excluding hydrogens is 432 g/mol. The number of carbonyl (C=O) groups is 2. The summed E-state index contributed by atoms with van der Waals surface area (Å²) in [7, 11) is 1.34. The molecule has 0 aliphatic rings. The number of fused-ring (bicyclic) bond motifs is 2. The second kappa shape index (κ2) is 7.60. The van der Waals surface area contributed by atoms with Gasteiger partial charge in [0.2, 0.25) is 0 Å². The largest absolute Gasteiger partial charge is 0.465 e. The molecule has 31 heavy (non-hydrogen) atoms. The van der Waals surface area contributed by atoms with Crippen LogP contribution in [0.4, 0.5) is 5.13 Å². The summed E-state index contributed by atoms with van der Waals surface area (Å²) in [5.41, 5.74) is 3.87. The van der Waals surface area contributed by atoms with Crippen LogP contribution in [0.2, 0.25) is 0 Å². The maximum absolute atomic E-state index is 12.9. The van der Waals surface area contributed by atoms with Crippen LogP contribution < -0.4 is 5.32 Å². The Hall–Kier alpha value is -3.56. The second-order valence-electron chi connectivity index (χ2n) is 6.81. The van der Waals surface area contributed by atoms with Gasteiger partial charge in [0.15, 0.2) is 10.1 Å². The summed E-state index contributed by atoms with van der Waals surface area (Å²) in [6, 6.07) is 15.0. The van der Waals surface area contributed by atoms with Crippen LogP contribution in [0.5, 0.6) is 0 Å². The molecule has 3 heterocycles. The molecule has 0 atom stereocenters. The first kappa shape index (κ1) is 19.4. The van der Waals surface area contributed by atoms with Crippen LogP contribution in [0.3, 0.4) is 0 Å². The summed E-state index contributed by atoms with van der Waals surface area (Å²) in [4.78, 5) is 35.1. The molecule has 0 saturated carbocycles. The van der Waals surface area contributed by atoms with Crippen molar-refractivity contribution in [3.05, 3.63) is 70.9 Å². The maximum Gasteiger partial charge on any atom is 0.337 e. The third-order valence-electron chi connectivity index (χ3n) is 4.86. The fourth-order valence-corrected chi connectivity index (χ4v) is 5.19. The molecule has 9 heteroatoms. The number of ether oxygens (including phenoxy) is 1. The van der Waals surface area contributed by atoms with E-state index in [-0.39, 0.29) is 5.91 Å². The van der Waals surface area contributed by atoms with Gasteiger partial charge in [0.1, 0.15) is 4.88 Å². The highest BCUT2D eigenvalue weighted by molar-refractivity contribution is 7.22. The number of carbonyl (C=O) groups excluding carboxylic acids is 2. The van der Waals surface area contributed by atoms with E-state index in [1.54, 1.807) is 18.2 Å². The van der Waals surface area contributed by atoms with Crippen molar-refractivity contribution >= 4 is 54.9 Å². The van der Waals surface area contributed by atoms with E-state index < -0.39 is 5.97 Å². The summed E-state index contributed by atoms with van der Waals surface area (Å²) in [5, 5.41) is 3.34. The van der Waals surface area contributed by atoms with Gasteiger partial charge in [-0.05, 0) is 25.1 Å². The smallest absolute Gasteiger partial charge is 0.337 e. The molecule has 0 aliphatic heterocycles. The van der Waals surface area contributed by atoms with Gasteiger partial charge in [0, 0.05) is 17.5 Å². The third kappa shape index (κ3) is 3.47. The minimum atomic E-state index is -0.409. The lowest BCUT2D eigenvalue weighted by molar-refractivity contribution is 0.0601. The first-order chi connectivity index (χ1) is 15.0. The van der Waals surface area contributed by atoms with E-state index >= 15 is 0 Å². The second-order valence-corrected chi connectivity index (χ2v) is 8.82. The van der Waals surface area contributed by atoms with Crippen molar-refractivity contribution in [2.75, 3.05) is 12.4 Å². The Morgan fingerprint density at radius 1 is 1.06 bits per heavy atom. The fraction of sp³-hybridized carbons (Fsp3) is 0.0909. The van der Waals surface area contributed by atoms with Crippen LogP contribution in [0.25, 0.3) is 26.4 Å². The topological polar surface area (TPSA) is 85.6 Å². The fourth-order valence-electron chi connectivity index (χ4n) is 3.29. The van der Waals surface area contributed by atoms with E-state index in [0.717, 1.165) is 26.6 Å². The predicted molar refractivity (Wildman–Crippen MR) is 122 cm³/mol. The average Bonchev–Trinajstić information content (AvgIpc) is 3.47. The lowest BCUT2D eigenvalue weighted by Crippen LogP contribution is -2.11. The van der Waals surface area contributed by atoms with Gasteiger partial charge in [-0.25, -0.2) is 14.8 Å². The minimum Gasteiger partial charge on any atom is -0.465 e. The quantitative estimate of drug-likeness (QED) is 0.390. The minimum absolute atomic E-state index is 0.235. The van der Waals surface area contributed by atoms with Gasteiger partial charge in [0.05, 0.1) is 28.6 Å². The Morgan fingerprint density at radius 3 is 2.61 bits per heavy atom. The maximum atomic E-state index is 12.9. The molecule has 2 aromatic carbocycles. The van der Waals surface area contributed by atoms with Crippen LogP contribution in [-0.4, -0.2) is 33.4 Å². The predicted octanol–water partition coefficient (Wildman–Crippen LogP) is 5.02. The number of aromatic nitrogens is 3. The van der Waals surface area contributed by atoms with Gasteiger partial charge in [0.25, 0.3) is 5.91 Å². The molecule has 0 radical (unpaired) electrons. The van der Waals surface area contributed by atoms with E-state index in [9.17, 15) is 9.59 Å². The number of thiazole rings is 2. The number of aryl methyl sites for hydroxylation is 1. The number of hydrogen-bond acceptors (Lipinski definition) is 7. The first-order valence-electron chi connectivity index (χ1n) is 9.37. The lowest BCUT2D eigenvalue weighted by atomic mass is 10.2. The molecule has 1 amide bonds. The lowest BCUT2D eigenvalue weighted by Gasteiger charge is -2.00. The Bertz CT molecular complexity index is 1450. The van der Waals surface area contributed by atoms with Crippen LogP contribution >= 0.6 is 22.7 Å². The molecule has 0 aliphatic carbocycles. The highest BCUT2D eigenvalue weighted by Crippen LogP contribution is 2.30. The molecule has 1 N–H and O–H groups in total. The van der Waals surface area contributed by atoms with Gasteiger partial charge in [-0.3, -0.25) is 14.5 Å². The van der Waals surface area contributed by atoms with E-state index in [2.05, 4.69) is 15.3 Å². The van der Waals surface area contributed by atoms with Crippen molar-refractivity contribution in [1.82, 2.24) is 14.4 Å². The van der Waals surface area contributed by atoms with E-state index in [0.29, 0.717) is 21.1 Å². The van der Waals surface area contributed by atoms with Gasteiger partial charge < -0.3 is 4.74 Å². The molecule has 0 bridgehead atoms. The zero-order valence-electron chi connectivity index (χ0n) is 16.6. The van der Waals surface area contributed by atoms with Gasteiger partial charge in [-0.15, -0.1) is 0 Å². The van der Waals surface area contributed by atoms with Crippen LogP contribution in [0, 0.1) is 6.92 Å². The third-order valence-corrected chi connectivity index (χ3v) is 6.95. The number of anilines is 1. The Labute approximate surface area is 185 Å². The molecule has 5 aromatic rings. The van der Waals surface area contributed by atoms with Crippen molar-refractivity contribution in [1.29, 1.82) is 0 Å². The van der Waals surface area contributed by atoms with Crippen molar-refractivity contribution < 1.29 is 14.3 Å². The Kier molecular flexibility index (Phi) is 4.76. The SMILES string of the molecule is COC(=O)c1ccc2nc(NC(=O)c3sc4nc(-c5ccccc5)cn4c3C)sc2c1. The van der Waals surface area contributed by atoms with Crippen molar-refractivity contribution in [3.8, 4) is 11.3 Å². The molecule has 3 aromatic heterocycles. The zero-order valence-corrected chi connectivity index (χ0v) is 18.2. The molecule has 0 saturated heterocycles. The van der Waals surface area contributed by atoms with Gasteiger partial charge >= 0.3 is 5.97 Å². The number of methoxy groups -OCH3 is 1. The van der Waals surface area contributed by atoms with Crippen molar-refractivity contribution in [3.63, 3.8) is 0 Å². The summed E-state index contributed by atoms with van der Waals surface area (Å²) < 4.78 is 7.48.